The largest absolute Gasteiger partial charge is 0.352 e. The molecule has 1 fully saturated rings. The molecule has 2 N–H and O–H groups in total. The van der Waals surface area contributed by atoms with Gasteiger partial charge in [-0.25, -0.2) is 27.8 Å². The number of hydrogen-bond donors (Lipinski definition) is 2. The molecule has 0 aliphatic heterocycles. The van der Waals surface area contributed by atoms with Gasteiger partial charge in [0.05, 0.1) is 11.2 Å². The van der Waals surface area contributed by atoms with E-state index in [0.29, 0.717) is 21.7 Å². The molecule has 1 atom stereocenters. The first kappa shape index (κ1) is 24.9. The Morgan fingerprint density at radius 2 is 1.78 bits per heavy atom. The van der Waals surface area contributed by atoms with Gasteiger partial charge in [0, 0.05) is 35.8 Å². The molecule has 9 nitrogen and oxygen atoms in total. The third kappa shape index (κ3) is 5.65. The highest BCUT2D eigenvalue weighted by Crippen LogP contribution is 2.35. The van der Waals surface area contributed by atoms with Crippen LogP contribution in [-0.2, 0) is 19.4 Å². The van der Waals surface area contributed by atoms with Crippen LogP contribution >= 0.6 is 11.3 Å². The normalized spacial score (nSPS) is 14.3. The van der Waals surface area contributed by atoms with Gasteiger partial charge in [-0.3, -0.25) is 9.59 Å². The third-order valence-electron chi connectivity index (χ3n) is 5.74. The highest BCUT2D eigenvalue weighted by molar-refractivity contribution is 7.91. The predicted octanol–water partition coefficient (Wildman–Crippen LogP) is 3.04. The Morgan fingerprint density at radius 1 is 1.08 bits per heavy atom. The van der Waals surface area contributed by atoms with Crippen molar-refractivity contribution in [3.05, 3.63) is 65.7 Å². The number of fused-ring (bicyclic) bond motifs is 1. The highest BCUT2D eigenvalue weighted by Gasteiger charge is 2.35. The van der Waals surface area contributed by atoms with E-state index in [2.05, 4.69) is 25.6 Å². The molecular formula is C25H22FN5O4S2. The van der Waals surface area contributed by atoms with Crippen LogP contribution in [0.5, 0.6) is 0 Å². The predicted molar refractivity (Wildman–Crippen MR) is 138 cm³/mol. The Hall–Kier alpha value is -3.77. The molecule has 2 aromatic carbocycles. The van der Waals surface area contributed by atoms with Gasteiger partial charge in [-0.15, -0.1) is 11.3 Å². The van der Waals surface area contributed by atoms with Crippen LogP contribution in [0.1, 0.15) is 23.1 Å². The molecule has 12 heteroatoms. The zero-order valence-electron chi connectivity index (χ0n) is 19.6. The number of nitrogens with zero attached hydrogens (tertiary/aromatic N) is 3. The topological polar surface area (TPSA) is 131 Å². The lowest BCUT2D eigenvalue weighted by Crippen LogP contribution is -2.41. The van der Waals surface area contributed by atoms with Crippen molar-refractivity contribution in [3.63, 3.8) is 0 Å². The zero-order chi connectivity index (χ0) is 26.2. The van der Waals surface area contributed by atoms with E-state index in [1.807, 2.05) is 30.3 Å². The Labute approximate surface area is 216 Å². The van der Waals surface area contributed by atoms with Crippen LogP contribution in [0.15, 0.2) is 54.9 Å². The summed E-state index contributed by atoms with van der Waals surface area (Å²) in [6.07, 6.45) is 5.83. The van der Waals surface area contributed by atoms with Crippen LogP contribution < -0.4 is 10.6 Å². The summed E-state index contributed by atoms with van der Waals surface area (Å²) in [6, 6.07) is 12.4. The van der Waals surface area contributed by atoms with Crippen LogP contribution in [0, 0.1) is 5.82 Å². The lowest BCUT2D eigenvalue weighted by molar-refractivity contribution is -0.126. The summed E-state index contributed by atoms with van der Waals surface area (Å²) >= 11 is 0.906. The summed E-state index contributed by atoms with van der Waals surface area (Å²) in [5, 5.41) is 3.33. The van der Waals surface area contributed by atoms with Gasteiger partial charge in [0.1, 0.15) is 10.5 Å². The lowest BCUT2D eigenvalue weighted by atomic mass is 10.1. The molecule has 1 unspecified atom stereocenters. The monoisotopic (exact) mass is 539 g/mol. The molecule has 2 amide bonds. The summed E-state index contributed by atoms with van der Waals surface area (Å²) in [5.74, 6) is -1.43. The van der Waals surface area contributed by atoms with Gasteiger partial charge in [-0.1, -0.05) is 30.3 Å². The molecule has 0 radical (unpaired) electrons. The van der Waals surface area contributed by atoms with Crippen molar-refractivity contribution in [2.45, 2.75) is 24.1 Å². The molecular weight excluding hydrogens is 517 g/mol. The highest BCUT2D eigenvalue weighted by atomic mass is 32.2. The Morgan fingerprint density at radius 3 is 2.43 bits per heavy atom. The summed E-state index contributed by atoms with van der Waals surface area (Å²) < 4.78 is 40.4. The second kappa shape index (κ2) is 9.94. The van der Waals surface area contributed by atoms with Crippen molar-refractivity contribution < 1.29 is 22.4 Å². The molecule has 37 heavy (non-hydrogen) atoms. The van der Waals surface area contributed by atoms with Crippen molar-refractivity contribution in [1.82, 2.24) is 25.6 Å². The second-order valence-corrected chi connectivity index (χ2v) is 12.0. The van der Waals surface area contributed by atoms with E-state index in [0.717, 1.165) is 36.0 Å². The molecule has 1 aliphatic carbocycles. The molecule has 190 valence electrons. The average Bonchev–Trinajstić information content (AvgIpc) is 3.58. The van der Waals surface area contributed by atoms with Crippen molar-refractivity contribution in [3.8, 4) is 22.5 Å². The zero-order valence-corrected chi connectivity index (χ0v) is 21.3. The molecule has 0 saturated heterocycles. The van der Waals surface area contributed by atoms with Crippen molar-refractivity contribution in [2.24, 2.45) is 0 Å². The molecule has 1 aliphatic rings. The summed E-state index contributed by atoms with van der Waals surface area (Å²) in [4.78, 5) is 37.6. The minimum absolute atomic E-state index is 0.0431. The Balaban J connectivity index is 1.41. The third-order valence-corrected chi connectivity index (χ3v) is 8.25. The number of nitrogens with one attached hydrogen (secondary N) is 2. The minimum atomic E-state index is -3.97. The number of carbonyl (C=O) groups is 2. The van der Waals surface area contributed by atoms with Gasteiger partial charge in [-0.2, -0.15) is 0 Å². The van der Waals surface area contributed by atoms with E-state index in [1.54, 1.807) is 18.5 Å². The van der Waals surface area contributed by atoms with Crippen molar-refractivity contribution in [2.75, 3.05) is 12.8 Å². The van der Waals surface area contributed by atoms with Crippen molar-refractivity contribution >= 4 is 43.2 Å². The van der Waals surface area contributed by atoms with E-state index in [-0.39, 0.29) is 23.1 Å². The molecule has 2 aromatic heterocycles. The first-order valence-electron chi connectivity index (χ1n) is 11.4. The van der Waals surface area contributed by atoms with Crippen LogP contribution in [0.2, 0.25) is 0 Å². The van der Waals surface area contributed by atoms with E-state index in [9.17, 15) is 18.0 Å². The average molecular weight is 540 g/mol. The standard InChI is InChI=1S/C25H22FN5O4S2/c1-37(34,35)22(24(33)29-13-20(32)30-17-7-8-17)25-31-21-18(26)9-15(10-19(21)36-25)16-11-27-23(28-12-16)14-5-3-2-4-6-14/h2-6,9-12,17,22H,7-8,13H2,1H3,(H,29,33)(H,30,32). The minimum Gasteiger partial charge on any atom is -0.352 e. The maximum atomic E-state index is 15.0. The van der Waals surface area contributed by atoms with E-state index in [4.69, 9.17) is 0 Å². The molecule has 1 saturated carbocycles. The first-order chi connectivity index (χ1) is 17.7. The fourth-order valence-corrected chi connectivity index (χ4v) is 6.32. The van der Waals surface area contributed by atoms with Gasteiger partial charge < -0.3 is 10.6 Å². The molecule has 0 spiro atoms. The number of rotatable bonds is 8. The van der Waals surface area contributed by atoms with Gasteiger partial charge >= 0.3 is 0 Å². The summed E-state index contributed by atoms with van der Waals surface area (Å²) in [6.45, 7) is -0.357. The van der Waals surface area contributed by atoms with E-state index in [1.165, 1.54) is 6.07 Å². The number of carbonyl (C=O) groups excluding carboxylic acids is 2. The van der Waals surface area contributed by atoms with Gasteiger partial charge in [-0.05, 0) is 30.5 Å². The smallest absolute Gasteiger partial charge is 0.245 e. The number of aromatic nitrogens is 3. The van der Waals surface area contributed by atoms with Gasteiger partial charge in [0.2, 0.25) is 11.8 Å². The quantitative estimate of drug-likeness (QED) is 0.352. The fourth-order valence-electron chi connectivity index (χ4n) is 3.75. The number of benzene rings is 2. The Bertz CT molecular complexity index is 1590. The maximum absolute atomic E-state index is 15.0. The fraction of sp³-hybridized carbons (Fsp3) is 0.240. The lowest BCUT2D eigenvalue weighted by Gasteiger charge is -2.12. The van der Waals surface area contributed by atoms with Crippen LogP contribution in [0.25, 0.3) is 32.7 Å². The number of thiazole rings is 1. The summed E-state index contributed by atoms with van der Waals surface area (Å²) in [5.41, 5.74) is 1.85. The van der Waals surface area contributed by atoms with Crippen LogP contribution in [-0.4, -0.2) is 54.0 Å². The molecule has 5 rings (SSSR count). The van der Waals surface area contributed by atoms with Gasteiger partial charge in [0.25, 0.3) is 0 Å². The van der Waals surface area contributed by atoms with Crippen molar-refractivity contribution in [1.29, 1.82) is 0 Å². The van der Waals surface area contributed by atoms with Crippen LogP contribution in [0.4, 0.5) is 4.39 Å². The molecule has 4 aromatic rings. The number of sulfone groups is 1. The van der Waals surface area contributed by atoms with Gasteiger partial charge in [0.15, 0.2) is 26.7 Å². The van der Waals surface area contributed by atoms with E-state index >= 15 is 4.39 Å². The maximum Gasteiger partial charge on any atom is 0.245 e. The second-order valence-electron chi connectivity index (χ2n) is 8.79. The number of amides is 2. The number of hydrogen-bond acceptors (Lipinski definition) is 8. The van der Waals surface area contributed by atoms with E-state index < -0.39 is 32.7 Å². The molecule has 2 heterocycles. The Kier molecular flexibility index (Phi) is 6.69. The number of halogens is 1. The SMILES string of the molecule is CS(=O)(=O)C(C(=O)NCC(=O)NC1CC1)c1nc2c(F)cc(-c3cnc(-c4ccccc4)nc3)cc2s1. The summed E-state index contributed by atoms with van der Waals surface area (Å²) in [7, 11) is -3.97. The molecule has 0 bridgehead atoms. The first-order valence-corrected chi connectivity index (χ1v) is 14.2. The van der Waals surface area contributed by atoms with Crippen LogP contribution in [0.3, 0.4) is 0 Å².